The second-order valence-corrected chi connectivity index (χ2v) is 8.48. The standard InChI is InChI=1S/C12H8Cl2N2OS.C8H15N.C2H6/c13-8-6-18-12-9(4-10(14)16-11(8)12)15-5-7-2-1-3-17-7;1-6-3-4-7(2)8(9)5-6;1-2/h1-4,6H,5H2,(H,15,16);3-4,6-8H,5,9H2,1-2H3;1-2H3. The molecule has 3 aromatic rings. The first kappa shape index (κ1) is 23.7. The number of nitrogens with zero attached hydrogens (tertiary/aromatic N) is 1. The molecule has 3 heterocycles. The number of aromatic nitrogens is 1. The molecule has 1 aliphatic rings. The minimum atomic E-state index is 0.394. The number of allylic oxidation sites excluding steroid dienone is 1. The van der Waals surface area contributed by atoms with Crippen LogP contribution in [0.3, 0.4) is 0 Å². The van der Waals surface area contributed by atoms with Gasteiger partial charge in [-0.25, -0.2) is 4.98 Å². The van der Waals surface area contributed by atoms with Crippen LogP contribution in [0.5, 0.6) is 0 Å². The maximum Gasteiger partial charge on any atom is 0.131 e. The lowest BCUT2D eigenvalue weighted by Crippen LogP contribution is -2.31. The van der Waals surface area contributed by atoms with Crippen LogP contribution in [0.1, 0.15) is 39.9 Å². The first-order chi connectivity index (χ1) is 13.9. The zero-order valence-corrected chi connectivity index (χ0v) is 19.6. The van der Waals surface area contributed by atoms with Gasteiger partial charge in [0.05, 0.1) is 28.2 Å². The third kappa shape index (κ3) is 6.75. The van der Waals surface area contributed by atoms with Crippen LogP contribution in [0.4, 0.5) is 5.69 Å². The molecule has 0 saturated carbocycles. The Hall–Kier alpha value is -1.53. The molecule has 29 heavy (non-hydrogen) atoms. The molecule has 3 unspecified atom stereocenters. The van der Waals surface area contributed by atoms with Gasteiger partial charge in [0, 0.05) is 17.5 Å². The van der Waals surface area contributed by atoms with Crippen molar-refractivity contribution in [1.82, 2.24) is 4.98 Å². The lowest BCUT2D eigenvalue weighted by molar-refractivity contribution is 0.428. The van der Waals surface area contributed by atoms with E-state index >= 15 is 0 Å². The van der Waals surface area contributed by atoms with Crippen molar-refractivity contribution in [3.8, 4) is 0 Å². The van der Waals surface area contributed by atoms with Crippen molar-refractivity contribution in [3.63, 3.8) is 0 Å². The predicted molar refractivity (Wildman–Crippen MR) is 127 cm³/mol. The molecular formula is C22H29Cl2N3OS. The molecule has 3 N–H and O–H groups in total. The molecule has 0 saturated heterocycles. The Balaban J connectivity index is 0.000000231. The zero-order chi connectivity index (χ0) is 21.4. The van der Waals surface area contributed by atoms with Crippen molar-refractivity contribution in [1.29, 1.82) is 0 Å². The zero-order valence-electron chi connectivity index (χ0n) is 17.3. The number of anilines is 1. The quantitative estimate of drug-likeness (QED) is 0.320. The molecule has 0 radical (unpaired) electrons. The summed E-state index contributed by atoms with van der Waals surface area (Å²) in [5.74, 6) is 2.14. The van der Waals surface area contributed by atoms with Gasteiger partial charge in [0.15, 0.2) is 0 Å². The molecule has 0 fully saturated rings. The van der Waals surface area contributed by atoms with Gasteiger partial charge in [-0.3, -0.25) is 0 Å². The largest absolute Gasteiger partial charge is 0.467 e. The lowest BCUT2D eigenvalue weighted by atomic mass is 9.87. The fourth-order valence-corrected chi connectivity index (χ4v) is 4.28. The van der Waals surface area contributed by atoms with E-state index in [-0.39, 0.29) is 0 Å². The van der Waals surface area contributed by atoms with Gasteiger partial charge in [-0.05, 0) is 30.4 Å². The van der Waals surface area contributed by atoms with Crippen LogP contribution in [-0.2, 0) is 6.54 Å². The summed E-state index contributed by atoms with van der Waals surface area (Å²) in [5, 5.41) is 6.18. The highest BCUT2D eigenvalue weighted by molar-refractivity contribution is 7.18. The Morgan fingerprint density at radius 3 is 2.66 bits per heavy atom. The van der Waals surface area contributed by atoms with Crippen LogP contribution in [0.2, 0.25) is 10.2 Å². The molecule has 3 aromatic heterocycles. The number of pyridine rings is 1. The molecule has 0 spiro atoms. The molecule has 4 rings (SSSR count). The first-order valence-corrected chi connectivity index (χ1v) is 11.5. The topological polar surface area (TPSA) is 64.1 Å². The van der Waals surface area contributed by atoms with Crippen molar-refractivity contribution in [2.45, 2.75) is 46.7 Å². The summed E-state index contributed by atoms with van der Waals surface area (Å²) in [6.07, 6.45) is 7.28. The predicted octanol–water partition coefficient (Wildman–Crippen LogP) is 7.38. The highest BCUT2D eigenvalue weighted by Crippen LogP contribution is 2.35. The lowest BCUT2D eigenvalue weighted by Gasteiger charge is -2.23. The van der Waals surface area contributed by atoms with Gasteiger partial charge in [0.2, 0.25) is 0 Å². The second kappa shape index (κ2) is 11.6. The second-order valence-electron chi connectivity index (χ2n) is 6.81. The number of nitrogens with one attached hydrogen (secondary N) is 1. The number of furan rings is 1. The maximum atomic E-state index is 6.06. The van der Waals surface area contributed by atoms with E-state index in [0.717, 1.165) is 28.1 Å². The van der Waals surface area contributed by atoms with Crippen molar-refractivity contribution >= 4 is 50.4 Å². The minimum Gasteiger partial charge on any atom is -0.467 e. The average molecular weight is 454 g/mol. The Bertz CT molecular complexity index is 908. The Kier molecular flexibility index (Phi) is 9.50. The molecule has 1 aliphatic carbocycles. The van der Waals surface area contributed by atoms with E-state index in [4.69, 9.17) is 33.4 Å². The van der Waals surface area contributed by atoms with Gasteiger partial charge >= 0.3 is 0 Å². The van der Waals surface area contributed by atoms with Crippen LogP contribution in [0, 0.1) is 11.8 Å². The number of hydrogen-bond acceptors (Lipinski definition) is 5. The SMILES string of the molecule is CC.CC1C=CC(C)C(N)C1.Clc1cc(NCc2ccco2)c2scc(Cl)c2n1. The normalized spacial score (nSPS) is 20.4. The molecule has 3 atom stereocenters. The van der Waals surface area contributed by atoms with Gasteiger partial charge in [-0.2, -0.15) is 0 Å². The smallest absolute Gasteiger partial charge is 0.131 e. The first-order valence-electron chi connectivity index (χ1n) is 9.87. The van der Waals surface area contributed by atoms with Crippen LogP contribution < -0.4 is 11.1 Å². The van der Waals surface area contributed by atoms with Gasteiger partial charge in [-0.1, -0.05) is 63.0 Å². The minimum absolute atomic E-state index is 0.394. The summed E-state index contributed by atoms with van der Waals surface area (Å²) >= 11 is 13.6. The van der Waals surface area contributed by atoms with E-state index in [9.17, 15) is 0 Å². The summed E-state index contributed by atoms with van der Waals surface area (Å²) in [5.41, 5.74) is 7.47. The summed E-state index contributed by atoms with van der Waals surface area (Å²) in [4.78, 5) is 4.22. The van der Waals surface area contributed by atoms with E-state index in [2.05, 4.69) is 36.3 Å². The summed E-state index contributed by atoms with van der Waals surface area (Å²) in [6, 6.07) is 5.95. The third-order valence-corrected chi connectivity index (χ3v) is 6.16. The highest BCUT2D eigenvalue weighted by atomic mass is 35.5. The van der Waals surface area contributed by atoms with Gasteiger partial charge < -0.3 is 15.5 Å². The van der Waals surface area contributed by atoms with Crippen LogP contribution in [-0.4, -0.2) is 11.0 Å². The molecule has 0 bridgehead atoms. The molecule has 158 valence electrons. The molecule has 0 aromatic carbocycles. The van der Waals surface area contributed by atoms with Crippen molar-refractivity contribution in [2.24, 2.45) is 17.6 Å². The van der Waals surface area contributed by atoms with Crippen LogP contribution in [0.15, 0.2) is 46.4 Å². The number of fused-ring (bicyclic) bond motifs is 1. The fraction of sp³-hybridized carbons (Fsp3) is 0.409. The fourth-order valence-electron chi connectivity index (χ4n) is 2.91. The van der Waals surface area contributed by atoms with E-state index in [1.807, 2.05) is 31.4 Å². The number of hydrogen-bond donors (Lipinski definition) is 2. The Morgan fingerprint density at radius 1 is 1.28 bits per heavy atom. The van der Waals surface area contributed by atoms with Crippen LogP contribution >= 0.6 is 34.5 Å². The molecule has 4 nitrogen and oxygen atoms in total. The number of nitrogens with two attached hydrogens (primary N) is 1. The van der Waals surface area contributed by atoms with Gasteiger partial charge in [-0.15, -0.1) is 11.3 Å². The number of halogens is 2. The summed E-state index contributed by atoms with van der Waals surface area (Å²) in [7, 11) is 0. The van der Waals surface area contributed by atoms with Crippen LogP contribution in [0.25, 0.3) is 10.2 Å². The average Bonchev–Trinajstić information content (AvgIpc) is 3.36. The Labute approximate surface area is 187 Å². The summed E-state index contributed by atoms with van der Waals surface area (Å²) < 4.78 is 6.27. The molecule has 0 aliphatic heterocycles. The number of rotatable bonds is 3. The van der Waals surface area contributed by atoms with E-state index < -0.39 is 0 Å². The van der Waals surface area contributed by atoms with Crippen molar-refractivity contribution in [3.05, 3.63) is 57.9 Å². The van der Waals surface area contributed by atoms with E-state index in [0.29, 0.717) is 34.6 Å². The maximum absolute atomic E-state index is 6.06. The van der Waals surface area contributed by atoms with Crippen molar-refractivity contribution < 1.29 is 4.42 Å². The monoisotopic (exact) mass is 453 g/mol. The Morgan fingerprint density at radius 2 is 2.03 bits per heavy atom. The number of thiophene rings is 1. The highest BCUT2D eigenvalue weighted by Gasteiger charge is 2.16. The molecule has 7 heteroatoms. The van der Waals surface area contributed by atoms with Gasteiger partial charge in [0.1, 0.15) is 16.4 Å². The van der Waals surface area contributed by atoms with Gasteiger partial charge in [0.25, 0.3) is 0 Å². The van der Waals surface area contributed by atoms with Crippen molar-refractivity contribution in [2.75, 3.05) is 5.32 Å². The molecule has 0 amide bonds. The van der Waals surface area contributed by atoms with E-state index in [1.54, 1.807) is 23.7 Å². The summed E-state index contributed by atoms with van der Waals surface area (Å²) in [6.45, 7) is 8.98. The molecular weight excluding hydrogens is 425 g/mol. The van der Waals surface area contributed by atoms with E-state index in [1.165, 1.54) is 0 Å². The third-order valence-electron chi connectivity index (χ3n) is 4.54.